The minimum atomic E-state index is 0.395. The predicted octanol–water partition coefficient (Wildman–Crippen LogP) is 3.57. The van der Waals surface area contributed by atoms with Gasteiger partial charge in [0.15, 0.2) is 5.82 Å². The molecule has 0 saturated carbocycles. The lowest BCUT2D eigenvalue weighted by molar-refractivity contribution is 0.762. The number of anilines is 1. The van der Waals surface area contributed by atoms with Gasteiger partial charge in [-0.25, -0.2) is 4.98 Å². The van der Waals surface area contributed by atoms with E-state index in [1.807, 2.05) is 12.1 Å². The fourth-order valence-electron chi connectivity index (χ4n) is 3.01. The summed E-state index contributed by atoms with van der Waals surface area (Å²) in [7, 11) is 0. The van der Waals surface area contributed by atoms with Crippen molar-refractivity contribution in [1.29, 1.82) is 0 Å². The molecule has 0 aliphatic heterocycles. The average Bonchev–Trinajstić information content (AvgIpc) is 3.18. The van der Waals surface area contributed by atoms with Crippen LogP contribution in [0.3, 0.4) is 0 Å². The van der Waals surface area contributed by atoms with Crippen molar-refractivity contribution < 1.29 is 0 Å². The maximum Gasteiger partial charge on any atom is 0.155 e. The number of aryl methyl sites for hydroxylation is 1. The molecule has 0 radical (unpaired) electrons. The van der Waals surface area contributed by atoms with Gasteiger partial charge in [0, 0.05) is 11.3 Å². The zero-order valence-corrected chi connectivity index (χ0v) is 11.6. The molecule has 0 fully saturated rings. The van der Waals surface area contributed by atoms with Crippen LogP contribution in [0, 0.1) is 0 Å². The fraction of sp³-hybridized carbons (Fsp3) is 0.176. The molecule has 1 atom stereocenters. The zero-order valence-electron chi connectivity index (χ0n) is 11.6. The fourth-order valence-corrected chi connectivity index (χ4v) is 3.01. The maximum atomic E-state index is 4.20. The van der Waals surface area contributed by atoms with E-state index in [2.05, 4.69) is 56.9 Å². The van der Waals surface area contributed by atoms with Crippen LogP contribution in [-0.4, -0.2) is 15.2 Å². The Morgan fingerprint density at radius 2 is 2.05 bits per heavy atom. The van der Waals surface area contributed by atoms with Crippen LogP contribution in [0.25, 0.3) is 11.4 Å². The first-order chi connectivity index (χ1) is 10.4. The van der Waals surface area contributed by atoms with Crippen molar-refractivity contribution in [2.75, 3.05) is 5.32 Å². The Hall–Kier alpha value is -2.62. The zero-order chi connectivity index (χ0) is 14.1. The van der Waals surface area contributed by atoms with Crippen molar-refractivity contribution in [3.05, 3.63) is 66.0 Å². The molecule has 4 nitrogen and oxygen atoms in total. The molecule has 1 aliphatic rings. The third-order valence-electron chi connectivity index (χ3n) is 4.02. The smallest absolute Gasteiger partial charge is 0.155 e. The number of hydrogen-bond donors (Lipinski definition) is 2. The number of benzene rings is 2. The van der Waals surface area contributed by atoms with Crippen molar-refractivity contribution in [3.63, 3.8) is 0 Å². The molecule has 4 heteroatoms. The normalized spacial score (nSPS) is 16.7. The molecule has 1 heterocycles. The Morgan fingerprint density at radius 3 is 2.95 bits per heavy atom. The first kappa shape index (κ1) is 12.1. The van der Waals surface area contributed by atoms with Crippen LogP contribution in [0.2, 0.25) is 0 Å². The molecule has 21 heavy (non-hydrogen) atoms. The van der Waals surface area contributed by atoms with Gasteiger partial charge >= 0.3 is 0 Å². The average molecular weight is 276 g/mol. The second kappa shape index (κ2) is 5.05. The van der Waals surface area contributed by atoms with Crippen LogP contribution < -0.4 is 5.32 Å². The summed E-state index contributed by atoms with van der Waals surface area (Å²) in [5.74, 6) is 0.797. The number of nitrogens with zero attached hydrogens (tertiary/aromatic N) is 2. The molecule has 1 aromatic heterocycles. The lowest BCUT2D eigenvalue weighted by Crippen LogP contribution is -2.06. The summed E-state index contributed by atoms with van der Waals surface area (Å²) in [6.07, 6.45) is 3.82. The number of fused-ring (bicyclic) bond motifs is 1. The molecule has 1 aliphatic carbocycles. The van der Waals surface area contributed by atoms with Crippen molar-refractivity contribution in [2.45, 2.75) is 18.9 Å². The van der Waals surface area contributed by atoms with Gasteiger partial charge in [-0.3, -0.25) is 5.10 Å². The molecule has 0 unspecified atom stereocenters. The van der Waals surface area contributed by atoms with Crippen LogP contribution in [0.5, 0.6) is 0 Å². The highest BCUT2D eigenvalue weighted by molar-refractivity contribution is 5.62. The van der Waals surface area contributed by atoms with Gasteiger partial charge in [0.25, 0.3) is 0 Å². The summed E-state index contributed by atoms with van der Waals surface area (Å²) in [5, 5.41) is 10.4. The Bertz CT molecular complexity index is 749. The van der Waals surface area contributed by atoms with E-state index in [-0.39, 0.29) is 0 Å². The molecule has 2 N–H and O–H groups in total. The van der Waals surface area contributed by atoms with Gasteiger partial charge in [-0.2, -0.15) is 5.10 Å². The van der Waals surface area contributed by atoms with E-state index in [0.29, 0.717) is 6.04 Å². The second-order valence-electron chi connectivity index (χ2n) is 5.35. The van der Waals surface area contributed by atoms with Gasteiger partial charge in [-0.15, -0.1) is 0 Å². The predicted molar refractivity (Wildman–Crippen MR) is 82.9 cm³/mol. The lowest BCUT2D eigenvalue weighted by atomic mass is 10.1. The van der Waals surface area contributed by atoms with Crippen LogP contribution in [-0.2, 0) is 6.42 Å². The third kappa shape index (κ3) is 2.29. The van der Waals surface area contributed by atoms with Gasteiger partial charge < -0.3 is 5.32 Å². The molecule has 0 spiro atoms. The second-order valence-corrected chi connectivity index (χ2v) is 5.35. The van der Waals surface area contributed by atoms with Crippen molar-refractivity contribution in [2.24, 2.45) is 0 Å². The minimum absolute atomic E-state index is 0.395. The van der Waals surface area contributed by atoms with E-state index < -0.39 is 0 Å². The van der Waals surface area contributed by atoms with E-state index in [0.717, 1.165) is 29.9 Å². The number of rotatable bonds is 3. The third-order valence-corrected chi connectivity index (χ3v) is 4.02. The molecule has 0 saturated heterocycles. The standard InChI is InChI=1S/C17H16N4/c1-2-7-15-12(4-1)8-9-16(15)20-14-6-3-5-13(10-14)17-18-11-19-21-17/h1-7,10-11,16,20H,8-9H2,(H,18,19,21)/t16-/m1/s1. The molecule has 3 aromatic rings. The quantitative estimate of drug-likeness (QED) is 0.769. The summed E-state index contributed by atoms with van der Waals surface area (Å²) in [6, 6.07) is 17.4. The number of aromatic nitrogens is 3. The van der Waals surface area contributed by atoms with E-state index in [1.54, 1.807) is 0 Å². The Kier molecular flexibility index (Phi) is 2.92. The Morgan fingerprint density at radius 1 is 1.10 bits per heavy atom. The number of hydrogen-bond acceptors (Lipinski definition) is 3. The lowest BCUT2D eigenvalue weighted by Gasteiger charge is -2.16. The summed E-state index contributed by atoms with van der Waals surface area (Å²) < 4.78 is 0. The van der Waals surface area contributed by atoms with Crippen molar-refractivity contribution in [3.8, 4) is 11.4 Å². The highest BCUT2D eigenvalue weighted by Crippen LogP contribution is 2.34. The van der Waals surface area contributed by atoms with Crippen LogP contribution >= 0.6 is 0 Å². The molecule has 0 bridgehead atoms. The summed E-state index contributed by atoms with van der Waals surface area (Å²) in [5.41, 5.74) is 5.04. The number of H-pyrrole nitrogens is 1. The number of nitrogens with one attached hydrogen (secondary N) is 2. The Balaban J connectivity index is 1.60. The van der Waals surface area contributed by atoms with Gasteiger partial charge in [-0.05, 0) is 36.1 Å². The maximum absolute atomic E-state index is 4.20. The summed E-state index contributed by atoms with van der Waals surface area (Å²) >= 11 is 0. The number of aromatic amines is 1. The largest absolute Gasteiger partial charge is 0.378 e. The first-order valence-electron chi connectivity index (χ1n) is 7.20. The molecule has 2 aromatic carbocycles. The minimum Gasteiger partial charge on any atom is -0.378 e. The van der Waals surface area contributed by atoms with Crippen molar-refractivity contribution >= 4 is 5.69 Å². The van der Waals surface area contributed by atoms with Gasteiger partial charge in [0.1, 0.15) is 6.33 Å². The molecular weight excluding hydrogens is 260 g/mol. The van der Waals surface area contributed by atoms with Gasteiger partial charge in [0.2, 0.25) is 0 Å². The molecular formula is C17H16N4. The van der Waals surface area contributed by atoms with Gasteiger partial charge in [0.05, 0.1) is 6.04 Å². The van der Waals surface area contributed by atoms with Crippen LogP contribution in [0.15, 0.2) is 54.9 Å². The first-order valence-corrected chi connectivity index (χ1v) is 7.20. The van der Waals surface area contributed by atoms with Crippen molar-refractivity contribution in [1.82, 2.24) is 15.2 Å². The SMILES string of the molecule is c1cc(N[C@@H]2CCc3ccccc32)cc(-c2ncn[nH]2)c1. The van der Waals surface area contributed by atoms with E-state index >= 15 is 0 Å². The highest BCUT2D eigenvalue weighted by Gasteiger charge is 2.21. The van der Waals surface area contributed by atoms with Gasteiger partial charge in [-0.1, -0.05) is 36.4 Å². The molecule has 4 rings (SSSR count). The Labute approximate surface area is 123 Å². The molecule has 104 valence electrons. The highest BCUT2D eigenvalue weighted by atomic mass is 15.2. The van der Waals surface area contributed by atoms with E-state index in [9.17, 15) is 0 Å². The van der Waals surface area contributed by atoms with Crippen LogP contribution in [0.1, 0.15) is 23.6 Å². The van der Waals surface area contributed by atoms with Crippen LogP contribution in [0.4, 0.5) is 5.69 Å². The topological polar surface area (TPSA) is 53.6 Å². The van der Waals surface area contributed by atoms with E-state index in [1.165, 1.54) is 17.5 Å². The van der Waals surface area contributed by atoms with E-state index in [4.69, 9.17) is 0 Å². The monoisotopic (exact) mass is 276 g/mol. The summed E-state index contributed by atoms with van der Waals surface area (Å²) in [4.78, 5) is 4.20. The summed E-state index contributed by atoms with van der Waals surface area (Å²) in [6.45, 7) is 0. The molecule has 0 amide bonds.